The lowest BCUT2D eigenvalue weighted by atomic mass is 10.0. The van der Waals surface area contributed by atoms with Gasteiger partial charge < -0.3 is 24.4 Å². The zero-order valence-corrected chi connectivity index (χ0v) is 25.3. The minimum atomic E-state index is -1.32. The molecule has 1 N–H and O–H groups in total. The van der Waals surface area contributed by atoms with Crippen LogP contribution in [0.25, 0.3) is 0 Å². The van der Waals surface area contributed by atoms with Gasteiger partial charge in [-0.2, -0.15) is 0 Å². The molecule has 0 bridgehead atoms. The number of benzene rings is 2. The standard InChI is InChI=1S/C14H20N2O2.C11H14Cl2O2.2C2H6/c1-3-18-14-6-4-13(5-7-14)16-10-8-15(9-11-16)12(2)17;1-3-11(14,15-4-2)9-6-5-8(12)7-10(9)13;2*1-2/h4-7H,3,8-11H2,1-2H3;5-7,14H,3-4H2,1-2H3;2*1-2H3/t;11-;;/m.0../s1. The van der Waals surface area contributed by atoms with E-state index >= 15 is 0 Å². The monoisotopic (exact) mass is 556 g/mol. The first-order chi connectivity index (χ1) is 17.7. The smallest absolute Gasteiger partial charge is 0.219 e. The Morgan fingerprint density at radius 1 is 0.919 bits per heavy atom. The van der Waals surface area contributed by atoms with Crippen LogP contribution in [0.3, 0.4) is 0 Å². The summed E-state index contributed by atoms with van der Waals surface area (Å²) in [6.07, 6.45) is 0.433. The van der Waals surface area contributed by atoms with Crippen LogP contribution >= 0.6 is 23.2 Å². The van der Waals surface area contributed by atoms with Crippen molar-refractivity contribution in [3.63, 3.8) is 0 Å². The molecule has 6 nitrogen and oxygen atoms in total. The van der Waals surface area contributed by atoms with Crippen LogP contribution in [0.15, 0.2) is 42.5 Å². The number of hydrogen-bond acceptors (Lipinski definition) is 5. The molecule has 3 rings (SSSR count). The van der Waals surface area contributed by atoms with Gasteiger partial charge in [0.15, 0.2) is 5.79 Å². The lowest BCUT2D eigenvalue weighted by Gasteiger charge is -2.35. The van der Waals surface area contributed by atoms with Gasteiger partial charge in [-0.3, -0.25) is 4.79 Å². The molecule has 2 aromatic rings. The van der Waals surface area contributed by atoms with Gasteiger partial charge in [0.25, 0.3) is 0 Å². The molecular formula is C29H46Cl2N2O4. The minimum Gasteiger partial charge on any atom is -0.494 e. The van der Waals surface area contributed by atoms with E-state index in [4.69, 9.17) is 32.7 Å². The molecular weight excluding hydrogens is 511 g/mol. The average molecular weight is 558 g/mol. The Bertz CT molecular complexity index is 888. The number of hydrogen-bond donors (Lipinski definition) is 1. The molecule has 37 heavy (non-hydrogen) atoms. The lowest BCUT2D eigenvalue weighted by Crippen LogP contribution is -2.48. The van der Waals surface area contributed by atoms with Gasteiger partial charge in [-0.1, -0.05) is 63.9 Å². The third-order valence-corrected chi connectivity index (χ3v) is 6.00. The predicted octanol–water partition coefficient (Wildman–Crippen LogP) is 7.39. The molecule has 1 saturated heterocycles. The summed E-state index contributed by atoms with van der Waals surface area (Å²) in [4.78, 5) is 15.4. The summed E-state index contributed by atoms with van der Waals surface area (Å²) < 4.78 is 10.7. The Morgan fingerprint density at radius 2 is 1.49 bits per heavy atom. The first kappa shape index (κ1) is 35.0. The van der Waals surface area contributed by atoms with Gasteiger partial charge in [-0.15, -0.1) is 0 Å². The Balaban J connectivity index is 0.000000626. The molecule has 0 aromatic heterocycles. The van der Waals surface area contributed by atoms with Gasteiger partial charge in [0, 0.05) is 62.4 Å². The molecule has 1 heterocycles. The quantitative estimate of drug-likeness (QED) is 0.360. The number of amides is 1. The molecule has 1 atom stereocenters. The van der Waals surface area contributed by atoms with E-state index in [0.29, 0.717) is 35.2 Å². The number of rotatable bonds is 7. The number of nitrogens with zero attached hydrogens (tertiary/aromatic N) is 2. The van der Waals surface area contributed by atoms with Crippen LogP contribution in [0.1, 0.15) is 67.4 Å². The number of aliphatic hydroxyl groups is 1. The Kier molecular flexibility index (Phi) is 18.1. The summed E-state index contributed by atoms with van der Waals surface area (Å²) in [5, 5.41) is 11.2. The molecule has 2 aromatic carbocycles. The molecule has 0 radical (unpaired) electrons. The summed E-state index contributed by atoms with van der Waals surface area (Å²) in [7, 11) is 0. The third kappa shape index (κ3) is 11.5. The van der Waals surface area contributed by atoms with Crippen LogP contribution in [0.2, 0.25) is 10.0 Å². The van der Waals surface area contributed by atoms with Crippen molar-refractivity contribution in [3.8, 4) is 5.75 Å². The topological polar surface area (TPSA) is 62.2 Å². The largest absolute Gasteiger partial charge is 0.494 e. The highest BCUT2D eigenvalue weighted by molar-refractivity contribution is 6.35. The normalized spacial score (nSPS) is 14.0. The molecule has 1 fully saturated rings. The van der Waals surface area contributed by atoms with Crippen LogP contribution in [0, 0.1) is 0 Å². The van der Waals surface area contributed by atoms with E-state index in [1.807, 2.05) is 65.5 Å². The Morgan fingerprint density at radius 3 is 1.92 bits per heavy atom. The van der Waals surface area contributed by atoms with E-state index in [-0.39, 0.29) is 5.91 Å². The summed E-state index contributed by atoms with van der Waals surface area (Å²) in [5.41, 5.74) is 1.75. The van der Waals surface area contributed by atoms with Crippen LogP contribution in [-0.2, 0) is 15.3 Å². The van der Waals surface area contributed by atoms with E-state index in [1.54, 1.807) is 25.1 Å². The molecule has 8 heteroatoms. The van der Waals surface area contributed by atoms with Crippen molar-refractivity contribution in [2.24, 2.45) is 0 Å². The maximum Gasteiger partial charge on any atom is 0.219 e. The number of halogens is 2. The van der Waals surface area contributed by atoms with Gasteiger partial charge in [-0.25, -0.2) is 0 Å². The summed E-state index contributed by atoms with van der Waals surface area (Å²) in [6.45, 7) is 19.8. The van der Waals surface area contributed by atoms with Crippen LogP contribution in [-0.4, -0.2) is 55.3 Å². The van der Waals surface area contributed by atoms with Gasteiger partial charge in [0.2, 0.25) is 5.91 Å². The molecule has 1 aliphatic heterocycles. The van der Waals surface area contributed by atoms with Crippen molar-refractivity contribution in [1.29, 1.82) is 0 Å². The second-order valence-electron chi connectivity index (χ2n) is 7.62. The summed E-state index contributed by atoms with van der Waals surface area (Å²) >= 11 is 11.8. The first-order valence-electron chi connectivity index (χ1n) is 13.3. The highest BCUT2D eigenvalue weighted by atomic mass is 35.5. The molecule has 210 valence electrons. The number of piperazine rings is 1. The van der Waals surface area contributed by atoms with Crippen molar-refractivity contribution in [1.82, 2.24) is 4.90 Å². The van der Waals surface area contributed by atoms with Gasteiger partial charge in [0.05, 0.1) is 11.6 Å². The molecule has 0 spiro atoms. The molecule has 0 unspecified atom stereocenters. The van der Waals surface area contributed by atoms with E-state index in [1.165, 1.54) is 5.69 Å². The Hall–Kier alpha value is -1.99. The number of carbonyl (C=O) groups excluding carboxylic acids is 1. The van der Waals surface area contributed by atoms with E-state index in [9.17, 15) is 9.90 Å². The molecule has 1 aliphatic rings. The highest BCUT2D eigenvalue weighted by Gasteiger charge is 2.29. The van der Waals surface area contributed by atoms with Crippen molar-refractivity contribution in [2.45, 2.75) is 67.6 Å². The fourth-order valence-corrected chi connectivity index (χ4v) is 4.17. The summed E-state index contributed by atoms with van der Waals surface area (Å²) in [6, 6.07) is 13.1. The van der Waals surface area contributed by atoms with Gasteiger partial charge >= 0.3 is 0 Å². The molecule has 0 saturated carbocycles. The SMILES string of the molecule is CC.CC.CCO[C@@](O)(CC)c1ccc(Cl)cc1Cl.CCOc1ccc(N2CCN(C(C)=O)CC2)cc1. The van der Waals surface area contributed by atoms with E-state index < -0.39 is 5.79 Å². The highest BCUT2D eigenvalue weighted by Crippen LogP contribution is 2.33. The van der Waals surface area contributed by atoms with Crippen LogP contribution in [0.4, 0.5) is 5.69 Å². The fraction of sp³-hybridized carbons (Fsp3) is 0.552. The van der Waals surface area contributed by atoms with Crippen molar-refractivity contribution in [2.75, 3.05) is 44.3 Å². The number of carbonyl (C=O) groups is 1. The average Bonchev–Trinajstić information content (AvgIpc) is 2.92. The van der Waals surface area contributed by atoms with E-state index in [2.05, 4.69) is 17.0 Å². The van der Waals surface area contributed by atoms with Gasteiger partial charge in [0.1, 0.15) is 5.75 Å². The lowest BCUT2D eigenvalue weighted by molar-refractivity contribution is -0.211. The Labute approximate surface area is 234 Å². The zero-order chi connectivity index (χ0) is 28.4. The van der Waals surface area contributed by atoms with E-state index in [0.717, 1.165) is 31.9 Å². The van der Waals surface area contributed by atoms with Crippen molar-refractivity contribution >= 4 is 34.8 Å². The second kappa shape index (κ2) is 19.1. The van der Waals surface area contributed by atoms with Crippen LogP contribution < -0.4 is 9.64 Å². The number of anilines is 1. The molecule has 0 aliphatic carbocycles. The minimum absolute atomic E-state index is 0.168. The predicted molar refractivity (Wildman–Crippen MR) is 157 cm³/mol. The van der Waals surface area contributed by atoms with Crippen LogP contribution in [0.5, 0.6) is 5.75 Å². The fourth-order valence-electron chi connectivity index (χ4n) is 3.61. The van der Waals surface area contributed by atoms with Crippen molar-refractivity contribution < 1.29 is 19.4 Å². The maximum absolute atomic E-state index is 11.2. The first-order valence-corrected chi connectivity index (χ1v) is 14.0. The van der Waals surface area contributed by atoms with Crippen molar-refractivity contribution in [3.05, 3.63) is 58.1 Å². The van der Waals surface area contributed by atoms with Gasteiger partial charge in [-0.05, 0) is 50.2 Å². The summed E-state index contributed by atoms with van der Waals surface area (Å²) in [5.74, 6) is -0.249. The third-order valence-electron chi connectivity index (χ3n) is 5.45. The number of ether oxygens (including phenoxy) is 2. The molecule has 1 amide bonds. The zero-order valence-electron chi connectivity index (χ0n) is 23.8. The second-order valence-corrected chi connectivity index (χ2v) is 8.46. The maximum atomic E-state index is 11.2.